The van der Waals surface area contributed by atoms with Crippen molar-refractivity contribution in [3.8, 4) is 0 Å². The highest BCUT2D eigenvalue weighted by Crippen LogP contribution is 2.36. The first-order valence-electron chi connectivity index (χ1n) is 4.16. The summed E-state index contributed by atoms with van der Waals surface area (Å²) in [6, 6.07) is 1.72. The minimum Gasteiger partial charge on any atom is -0.480 e. The molecule has 1 aromatic rings. The van der Waals surface area contributed by atoms with Crippen molar-refractivity contribution in [1.29, 1.82) is 0 Å². The Labute approximate surface area is 75.3 Å². The van der Waals surface area contributed by atoms with Crippen molar-refractivity contribution in [2.24, 2.45) is 5.73 Å². The monoisotopic (exact) mass is 181 g/mol. The summed E-state index contributed by atoms with van der Waals surface area (Å²) in [5, 5.41) is 8.96. The van der Waals surface area contributed by atoms with Crippen molar-refractivity contribution in [2.75, 3.05) is 0 Å². The quantitative estimate of drug-likeness (QED) is 0.671. The predicted octanol–water partition coefficient (Wildman–Crippen LogP) is 0.773. The lowest BCUT2D eigenvalue weighted by Gasteiger charge is -2.17. The lowest BCUT2D eigenvalue weighted by Crippen LogP contribution is -2.42. The van der Waals surface area contributed by atoms with Gasteiger partial charge in [0.15, 0.2) is 0 Å². The number of hydrogen-bond donors (Lipinski definition) is 2. The van der Waals surface area contributed by atoms with E-state index < -0.39 is 11.5 Å². The summed E-state index contributed by atoms with van der Waals surface area (Å²) >= 11 is 0. The third kappa shape index (κ3) is 0.986. The number of aryl methyl sites for hydroxylation is 2. The van der Waals surface area contributed by atoms with Gasteiger partial charge in [0.2, 0.25) is 0 Å². The molecule has 0 spiro atoms. The number of hydrogen-bond acceptors (Lipinski definition) is 3. The van der Waals surface area contributed by atoms with Crippen LogP contribution in [0.15, 0.2) is 10.5 Å². The van der Waals surface area contributed by atoms with E-state index in [4.69, 9.17) is 15.3 Å². The Bertz CT molecular complexity index is 369. The molecule has 1 aromatic heterocycles. The smallest absolute Gasteiger partial charge is 0.328 e. The van der Waals surface area contributed by atoms with E-state index in [9.17, 15) is 4.79 Å². The van der Waals surface area contributed by atoms with Crippen molar-refractivity contribution in [3.63, 3.8) is 0 Å². The summed E-state index contributed by atoms with van der Waals surface area (Å²) in [7, 11) is 0. The molecule has 1 atom stereocenters. The molecular weight excluding hydrogens is 170 g/mol. The van der Waals surface area contributed by atoms with E-state index in [1.807, 2.05) is 0 Å². The van der Waals surface area contributed by atoms with Gasteiger partial charge in [0.05, 0.1) is 0 Å². The zero-order chi connectivity index (χ0) is 9.64. The molecule has 1 unspecified atom stereocenters. The maximum Gasteiger partial charge on any atom is 0.328 e. The molecular formula is C9H11NO3. The first kappa shape index (κ1) is 8.31. The fourth-order valence-corrected chi connectivity index (χ4v) is 1.79. The van der Waals surface area contributed by atoms with Crippen molar-refractivity contribution in [3.05, 3.63) is 23.2 Å². The van der Waals surface area contributed by atoms with E-state index >= 15 is 0 Å². The molecule has 0 amide bonds. The number of nitrogens with two attached hydrogens (primary N) is 1. The van der Waals surface area contributed by atoms with Crippen LogP contribution in [0.25, 0.3) is 0 Å². The van der Waals surface area contributed by atoms with Gasteiger partial charge in [-0.15, -0.1) is 0 Å². The number of fused-ring (bicyclic) bond motifs is 1. The molecule has 4 heteroatoms. The minimum atomic E-state index is -1.23. The van der Waals surface area contributed by atoms with Crippen LogP contribution < -0.4 is 5.73 Å². The molecule has 0 fully saturated rings. The molecule has 13 heavy (non-hydrogen) atoms. The Morgan fingerprint density at radius 2 is 2.46 bits per heavy atom. The van der Waals surface area contributed by atoms with Gasteiger partial charge in [-0.2, -0.15) is 0 Å². The van der Waals surface area contributed by atoms with E-state index in [1.54, 1.807) is 13.0 Å². The van der Waals surface area contributed by atoms with E-state index in [0.717, 1.165) is 11.5 Å². The van der Waals surface area contributed by atoms with E-state index in [0.29, 0.717) is 18.4 Å². The second-order valence-electron chi connectivity index (χ2n) is 3.47. The van der Waals surface area contributed by atoms with Gasteiger partial charge < -0.3 is 15.3 Å². The lowest BCUT2D eigenvalue weighted by molar-refractivity contribution is -0.143. The summed E-state index contributed by atoms with van der Waals surface area (Å²) in [5.41, 5.74) is 5.17. The summed E-state index contributed by atoms with van der Waals surface area (Å²) in [5.74, 6) is 0.468. The Kier molecular flexibility index (Phi) is 1.51. The van der Waals surface area contributed by atoms with Crippen molar-refractivity contribution in [1.82, 2.24) is 0 Å². The van der Waals surface area contributed by atoms with Crippen molar-refractivity contribution in [2.45, 2.75) is 25.3 Å². The molecule has 0 aliphatic heterocycles. The zero-order valence-corrected chi connectivity index (χ0v) is 7.33. The second-order valence-corrected chi connectivity index (χ2v) is 3.47. The van der Waals surface area contributed by atoms with Crippen LogP contribution in [0.4, 0.5) is 0 Å². The number of carboxylic acids is 1. The first-order valence-corrected chi connectivity index (χ1v) is 4.16. The number of aliphatic carboxylic acids is 1. The second kappa shape index (κ2) is 2.35. The normalized spacial score (nSPS) is 26.0. The van der Waals surface area contributed by atoms with Crippen molar-refractivity contribution < 1.29 is 14.3 Å². The van der Waals surface area contributed by atoms with Crippen LogP contribution in [-0.4, -0.2) is 11.1 Å². The number of carbonyl (C=O) groups is 1. The van der Waals surface area contributed by atoms with Crippen LogP contribution in [0.5, 0.6) is 0 Å². The molecule has 0 aromatic carbocycles. The maximum absolute atomic E-state index is 10.9. The van der Waals surface area contributed by atoms with Crippen LogP contribution in [0.2, 0.25) is 0 Å². The first-order chi connectivity index (χ1) is 6.04. The van der Waals surface area contributed by atoms with Gasteiger partial charge in [0.1, 0.15) is 17.1 Å². The summed E-state index contributed by atoms with van der Waals surface area (Å²) in [6.07, 6.45) is 1.04. The molecule has 0 bridgehead atoms. The van der Waals surface area contributed by atoms with Gasteiger partial charge in [0, 0.05) is 12.0 Å². The Balaban J connectivity index is 2.53. The number of furan rings is 1. The summed E-state index contributed by atoms with van der Waals surface area (Å²) in [6.45, 7) is 1.79. The van der Waals surface area contributed by atoms with Gasteiger partial charge in [-0.25, -0.2) is 4.79 Å². The third-order valence-electron chi connectivity index (χ3n) is 2.54. The molecule has 0 radical (unpaired) electrons. The van der Waals surface area contributed by atoms with Crippen LogP contribution >= 0.6 is 0 Å². The number of rotatable bonds is 1. The van der Waals surface area contributed by atoms with Gasteiger partial charge in [-0.1, -0.05) is 0 Å². The van der Waals surface area contributed by atoms with Crippen LogP contribution in [0.1, 0.15) is 23.5 Å². The summed E-state index contributed by atoms with van der Waals surface area (Å²) in [4.78, 5) is 10.9. The molecule has 70 valence electrons. The topological polar surface area (TPSA) is 76.5 Å². The largest absolute Gasteiger partial charge is 0.480 e. The highest BCUT2D eigenvalue weighted by atomic mass is 16.4. The molecule has 1 heterocycles. The SMILES string of the molecule is Cc1cc2c(o1)CCC2(N)C(=O)O. The average Bonchev–Trinajstić information content (AvgIpc) is 2.53. The molecule has 2 rings (SSSR count). The van der Waals surface area contributed by atoms with Gasteiger partial charge in [-0.05, 0) is 19.4 Å². The van der Waals surface area contributed by atoms with Crippen LogP contribution in [0.3, 0.4) is 0 Å². The maximum atomic E-state index is 10.9. The lowest BCUT2D eigenvalue weighted by atomic mass is 9.95. The third-order valence-corrected chi connectivity index (χ3v) is 2.54. The molecule has 1 aliphatic carbocycles. The molecule has 4 nitrogen and oxygen atoms in total. The fraction of sp³-hybridized carbons (Fsp3) is 0.444. The van der Waals surface area contributed by atoms with Crippen LogP contribution in [-0.2, 0) is 16.8 Å². The van der Waals surface area contributed by atoms with Crippen LogP contribution in [0, 0.1) is 6.92 Å². The Hall–Kier alpha value is -1.29. The summed E-state index contributed by atoms with van der Waals surface area (Å²) < 4.78 is 5.33. The van der Waals surface area contributed by atoms with Crippen molar-refractivity contribution >= 4 is 5.97 Å². The minimum absolute atomic E-state index is 0.427. The van der Waals surface area contributed by atoms with Gasteiger partial charge >= 0.3 is 5.97 Å². The molecule has 3 N–H and O–H groups in total. The van der Waals surface area contributed by atoms with E-state index in [-0.39, 0.29) is 0 Å². The average molecular weight is 181 g/mol. The number of carboxylic acid groups (broad SMARTS) is 1. The fourth-order valence-electron chi connectivity index (χ4n) is 1.79. The van der Waals surface area contributed by atoms with E-state index in [2.05, 4.69) is 0 Å². The van der Waals surface area contributed by atoms with Gasteiger partial charge in [-0.3, -0.25) is 0 Å². The molecule has 1 aliphatic rings. The standard InChI is InChI=1S/C9H11NO3/c1-5-4-6-7(13-5)2-3-9(6,10)8(11)12/h4H,2-3,10H2,1H3,(H,11,12). The molecule has 0 saturated carbocycles. The highest BCUT2D eigenvalue weighted by molar-refractivity contribution is 5.81. The molecule has 0 saturated heterocycles. The highest BCUT2D eigenvalue weighted by Gasteiger charge is 2.44. The van der Waals surface area contributed by atoms with Gasteiger partial charge in [0.25, 0.3) is 0 Å². The zero-order valence-electron chi connectivity index (χ0n) is 7.33. The predicted molar refractivity (Wildman–Crippen MR) is 45.3 cm³/mol. The van der Waals surface area contributed by atoms with E-state index in [1.165, 1.54) is 0 Å². The Morgan fingerprint density at radius 1 is 1.77 bits per heavy atom. The Morgan fingerprint density at radius 3 is 3.08 bits per heavy atom.